The molecule has 19 heavy (non-hydrogen) atoms. The predicted octanol–water partition coefficient (Wildman–Crippen LogP) is 4.22. The first-order chi connectivity index (χ1) is 9.20. The Morgan fingerprint density at radius 3 is 2.84 bits per heavy atom. The standard InChI is InChI=1S/C15H21ClN2O/c1-2-3-4-5-6-7-17-14-8-11-9-15(19)18-13(11)10-12(14)16/h8,10,17H,2-7,9H2,1H3,(H,18,19). The van der Waals surface area contributed by atoms with Crippen molar-refractivity contribution >= 4 is 28.9 Å². The van der Waals surface area contributed by atoms with E-state index in [0.717, 1.165) is 29.9 Å². The van der Waals surface area contributed by atoms with Crippen LogP contribution in [0.15, 0.2) is 12.1 Å². The Labute approximate surface area is 119 Å². The van der Waals surface area contributed by atoms with E-state index in [1.807, 2.05) is 12.1 Å². The summed E-state index contributed by atoms with van der Waals surface area (Å²) < 4.78 is 0. The second-order valence-electron chi connectivity index (χ2n) is 5.06. The van der Waals surface area contributed by atoms with Gasteiger partial charge in [-0.2, -0.15) is 0 Å². The lowest BCUT2D eigenvalue weighted by Gasteiger charge is -2.10. The van der Waals surface area contributed by atoms with Crippen LogP contribution in [0.4, 0.5) is 11.4 Å². The van der Waals surface area contributed by atoms with E-state index in [1.165, 1.54) is 25.7 Å². The molecule has 0 unspecified atom stereocenters. The molecule has 4 heteroatoms. The van der Waals surface area contributed by atoms with E-state index in [1.54, 1.807) is 0 Å². The molecule has 0 radical (unpaired) electrons. The lowest BCUT2D eigenvalue weighted by molar-refractivity contribution is -0.115. The summed E-state index contributed by atoms with van der Waals surface area (Å²) >= 11 is 6.20. The van der Waals surface area contributed by atoms with Gasteiger partial charge in [0.05, 0.1) is 17.1 Å². The van der Waals surface area contributed by atoms with Crippen LogP contribution in [0.3, 0.4) is 0 Å². The van der Waals surface area contributed by atoms with Gasteiger partial charge in [0.25, 0.3) is 0 Å². The van der Waals surface area contributed by atoms with Crippen molar-refractivity contribution in [3.63, 3.8) is 0 Å². The number of hydrogen-bond donors (Lipinski definition) is 2. The van der Waals surface area contributed by atoms with Crippen molar-refractivity contribution in [2.45, 2.75) is 45.4 Å². The Morgan fingerprint density at radius 2 is 2.05 bits per heavy atom. The van der Waals surface area contributed by atoms with Gasteiger partial charge < -0.3 is 10.6 Å². The zero-order valence-electron chi connectivity index (χ0n) is 11.4. The number of rotatable bonds is 7. The number of halogens is 1. The van der Waals surface area contributed by atoms with Crippen LogP contribution in [0.2, 0.25) is 5.02 Å². The zero-order valence-corrected chi connectivity index (χ0v) is 12.1. The molecule has 0 bridgehead atoms. The second kappa shape index (κ2) is 6.80. The number of carbonyl (C=O) groups is 1. The van der Waals surface area contributed by atoms with Gasteiger partial charge in [-0.05, 0) is 24.1 Å². The summed E-state index contributed by atoms with van der Waals surface area (Å²) in [6, 6.07) is 3.82. The first kappa shape index (κ1) is 14.2. The molecule has 1 heterocycles. The highest BCUT2D eigenvalue weighted by molar-refractivity contribution is 6.33. The maximum absolute atomic E-state index is 11.3. The number of anilines is 2. The van der Waals surface area contributed by atoms with Crippen molar-refractivity contribution < 1.29 is 4.79 Å². The van der Waals surface area contributed by atoms with Gasteiger partial charge in [0.15, 0.2) is 0 Å². The van der Waals surface area contributed by atoms with E-state index in [9.17, 15) is 4.79 Å². The highest BCUT2D eigenvalue weighted by atomic mass is 35.5. The average molecular weight is 281 g/mol. The first-order valence-electron chi connectivity index (χ1n) is 7.07. The van der Waals surface area contributed by atoms with Gasteiger partial charge in [0.2, 0.25) is 5.91 Å². The lowest BCUT2D eigenvalue weighted by Crippen LogP contribution is -2.03. The van der Waals surface area contributed by atoms with Gasteiger partial charge in [-0.25, -0.2) is 0 Å². The number of fused-ring (bicyclic) bond motifs is 1. The fourth-order valence-corrected chi connectivity index (χ4v) is 2.57. The maximum atomic E-state index is 11.3. The van der Waals surface area contributed by atoms with E-state index in [-0.39, 0.29) is 5.91 Å². The predicted molar refractivity (Wildman–Crippen MR) is 81.0 cm³/mol. The van der Waals surface area contributed by atoms with Crippen LogP contribution in [-0.2, 0) is 11.2 Å². The molecule has 1 aliphatic heterocycles. The van der Waals surface area contributed by atoms with Gasteiger partial charge in [0.1, 0.15) is 0 Å². The largest absolute Gasteiger partial charge is 0.384 e. The van der Waals surface area contributed by atoms with Gasteiger partial charge in [-0.15, -0.1) is 0 Å². The Hall–Kier alpha value is -1.22. The number of hydrogen-bond acceptors (Lipinski definition) is 2. The molecule has 3 nitrogen and oxygen atoms in total. The normalized spacial score (nSPS) is 13.3. The molecule has 2 rings (SSSR count). The Balaban J connectivity index is 1.84. The van der Waals surface area contributed by atoms with E-state index in [2.05, 4.69) is 17.6 Å². The molecule has 2 N–H and O–H groups in total. The fourth-order valence-electron chi connectivity index (χ4n) is 2.34. The van der Waals surface area contributed by atoms with Crippen LogP contribution in [-0.4, -0.2) is 12.5 Å². The Morgan fingerprint density at radius 1 is 1.26 bits per heavy atom. The van der Waals surface area contributed by atoms with Crippen LogP contribution in [0.1, 0.15) is 44.6 Å². The van der Waals surface area contributed by atoms with E-state index >= 15 is 0 Å². The number of carbonyl (C=O) groups excluding carboxylic acids is 1. The highest BCUT2D eigenvalue weighted by Gasteiger charge is 2.19. The molecule has 0 atom stereocenters. The van der Waals surface area contributed by atoms with E-state index in [4.69, 9.17) is 11.6 Å². The molecule has 0 aromatic heterocycles. The first-order valence-corrected chi connectivity index (χ1v) is 7.44. The molecule has 1 aromatic carbocycles. The van der Waals surface area contributed by atoms with Crippen LogP contribution >= 0.6 is 11.6 Å². The summed E-state index contributed by atoms with van der Waals surface area (Å²) in [6.45, 7) is 3.15. The summed E-state index contributed by atoms with van der Waals surface area (Å²) in [4.78, 5) is 11.3. The number of unbranched alkanes of at least 4 members (excludes halogenated alkanes) is 4. The molecule has 0 saturated carbocycles. The summed E-state index contributed by atoms with van der Waals surface area (Å²) in [6.07, 6.45) is 6.75. The number of nitrogens with one attached hydrogen (secondary N) is 2. The zero-order chi connectivity index (χ0) is 13.7. The van der Waals surface area contributed by atoms with Crippen molar-refractivity contribution in [1.82, 2.24) is 0 Å². The number of amides is 1. The Kier molecular flexibility index (Phi) is 5.08. The third kappa shape index (κ3) is 3.87. The monoisotopic (exact) mass is 280 g/mol. The smallest absolute Gasteiger partial charge is 0.228 e. The fraction of sp³-hybridized carbons (Fsp3) is 0.533. The van der Waals surface area contributed by atoms with Crippen LogP contribution < -0.4 is 10.6 Å². The maximum Gasteiger partial charge on any atom is 0.228 e. The van der Waals surface area contributed by atoms with Crippen molar-refractivity contribution in [3.05, 3.63) is 22.7 Å². The molecule has 1 amide bonds. The van der Waals surface area contributed by atoms with Gasteiger partial charge >= 0.3 is 0 Å². The summed E-state index contributed by atoms with van der Waals surface area (Å²) in [7, 11) is 0. The molecular weight excluding hydrogens is 260 g/mol. The molecule has 0 saturated heterocycles. The van der Waals surface area contributed by atoms with Gasteiger partial charge in [-0.1, -0.05) is 44.2 Å². The van der Waals surface area contributed by atoms with Gasteiger partial charge in [-0.3, -0.25) is 4.79 Å². The molecule has 104 valence electrons. The van der Waals surface area contributed by atoms with Gasteiger partial charge in [0, 0.05) is 12.2 Å². The molecule has 1 aliphatic rings. The average Bonchev–Trinajstić information content (AvgIpc) is 2.72. The second-order valence-corrected chi connectivity index (χ2v) is 5.46. The lowest BCUT2D eigenvalue weighted by atomic mass is 10.1. The quantitative estimate of drug-likeness (QED) is 0.734. The van der Waals surface area contributed by atoms with Crippen molar-refractivity contribution in [2.24, 2.45) is 0 Å². The summed E-state index contributed by atoms with van der Waals surface area (Å²) in [5.74, 6) is 0.0442. The molecule has 0 fully saturated rings. The SMILES string of the molecule is CCCCCCCNc1cc2c(cc1Cl)NC(=O)C2. The van der Waals surface area contributed by atoms with E-state index < -0.39 is 0 Å². The van der Waals surface area contributed by atoms with Crippen molar-refractivity contribution in [3.8, 4) is 0 Å². The molecule has 0 aliphatic carbocycles. The molecule has 1 aromatic rings. The minimum atomic E-state index is 0.0442. The molecular formula is C15H21ClN2O. The third-order valence-electron chi connectivity index (χ3n) is 3.41. The third-order valence-corrected chi connectivity index (χ3v) is 3.73. The molecule has 0 spiro atoms. The van der Waals surface area contributed by atoms with Crippen molar-refractivity contribution in [2.75, 3.05) is 17.2 Å². The minimum Gasteiger partial charge on any atom is -0.384 e. The number of benzene rings is 1. The summed E-state index contributed by atoms with van der Waals surface area (Å²) in [5, 5.41) is 6.84. The minimum absolute atomic E-state index is 0.0442. The summed E-state index contributed by atoms with van der Waals surface area (Å²) in [5.41, 5.74) is 2.82. The van der Waals surface area contributed by atoms with Crippen LogP contribution in [0.25, 0.3) is 0 Å². The van der Waals surface area contributed by atoms with Crippen molar-refractivity contribution in [1.29, 1.82) is 0 Å². The van der Waals surface area contributed by atoms with Crippen LogP contribution in [0.5, 0.6) is 0 Å². The highest BCUT2D eigenvalue weighted by Crippen LogP contribution is 2.32. The Bertz CT molecular complexity index is 460. The van der Waals surface area contributed by atoms with Crippen LogP contribution in [0, 0.1) is 0 Å². The van der Waals surface area contributed by atoms with E-state index in [0.29, 0.717) is 11.4 Å². The topological polar surface area (TPSA) is 41.1 Å².